The van der Waals surface area contributed by atoms with Crippen LogP contribution in [-0.4, -0.2) is 40.9 Å². The zero-order valence-corrected chi connectivity index (χ0v) is 13.8. The SMILES string of the molecule is CCC(=O)CNC(=O)c1ccnc2ccc(NC(=O)CCNO)cc12. The summed E-state index contributed by atoms with van der Waals surface area (Å²) in [5.74, 6) is -0.705. The molecule has 0 aliphatic carbocycles. The number of hydroxylamine groups is 1. The molecule has 8 nitrogen and oxygen atoms in total. The third kappa shape index (κ3) is 5.07. The van der Waals surface area contributed by atoms with Gasteiger partial charge in [-0.05, 0) is 24.3 Å². The van der Waals surface area contributed by atoms with E-state index in [-0.39, 0.29) is 37.1 Å². The van der Waals surface area contributed by atoms with Gasteiger partial charge in [0.15, 0.2) is 5.78 Å². The first kappa shape index (κ1) is 18.5. The summed E-state index contributed by atoms with van der Waals surface area (Å²) in [6.45, 7) is 1.85. The largest absolute Gasteiger partial charge is 0.345 e. The van der Waals surface area contributed by atoms with Crippen molar-refractivity contribution >= 4 is 34.2 Å². The van der Waals surface area contributed by atoms with E-state index in [1.54, 1.807) is 31.2 Å². The van der Waals surface area contributed by atoms with Crippen molar-refractivity contribution in [3.8, 4) is 0 Å². The Kier molecular flexibility index (Phi) is 6.55. The standard InChI is InChI=1S/C17H20N4O4/c1-2-12(22)10-19-17(24)13-5-7-18-15-4-3-11(9-14(13)15)21-16(23)6-8-20-25/h3-5,7,9,20,25H,2,6,8,10H2,1H3,(H,19,24)(H,21,23). The molecule has 0 unspecified atom stereocenters. The number of rotatable bonds is 8. The van der Waals surface area contributed by atoms with Gasteiger partial charge in [-0.25, -0.2) is 5.48 Å². The number of benzene rings is 1. The fraction of sp³-hybridized carbons (Fsp3) is 0.294. The third-order valence-corrected chi connectivity index (χ3v) is 3.57. The van der Waals surface area contributed by atoms with Crippen LogP contribution in [0.1, 0.15) is 30.1 Å². The summed E-state index contributed by atoms with van der Waals surface area (Å²) >= 11 is 0. The Labute approximate surface area is 144 Å². The van der Waals surface area contributed by atoms with E-state index < -0.39 is 0 Å². The zero-order chi connectivity index (χ0) is 18.2. The van der Waals surface area contributed by atoms with Crippen LogP contribution in [0, 0.1) is 0 Å². The van der Waals surface area contributed by atoms with Gasteiger partial charge in [-0.15, -0.1) is 0 Å². The number of carbonyl (C=O) groups is 3. The van der Waals surface area contributed by atoms with Crippen LogP contribution in [0.25, 0.3) is 10.9 Å². The molecule has 0 aliphatic heterocycles. The van der Waals surface area contributed by atoms with E-state index in [2.05, 4.69) is 15.6 Å². The van der Waals surface area contributed by atoms with Crippen LogP contribution in [0.15, 0.2) is 30.5 Å². The molecule has 0 aliphatic rings. The van der Waals surface area contributed by atoms with Crippen molar-refractivity contribution in [1.82, 2.24) is 15.8 Å². The minimum Gasteiger partial charge on any atom is -0.345 e. The number of pyridine rings is 1. The Hall–Kier alpha value is -2.84. The second kappa shape index (κ2) is 8.86. The third-order valence-electron chi connectivity index (χ3n) is 3.57. The molecule has 132 valence electrons. The molecule has 1 heterocycles. The summed E-state index contributed by atoms with van der Waals surface area (Å²) in [6.07, 6.45) is 1.98. The fourth-order valence-corrected chi connectivity index (χ4v) is 2.21. The van der Waals surface area contributed by atoms with Gasteiger partial charge in [-0.3, -0.25) is 19.4 Å². The van der Waals surface area contributed by atoms with Crippen LogP contribution in [0.2, 0.25) is 0 Å². The van der Waals surface area contributed by atoms with Gasteiger partial charge in [0.2, 0.25) is 5.91 Å². The molecule has 0 fully saturated rings. The summed E-state index contributed by atoms with van der Waals surface area (Å²) in [5, 5.41) is 14.4. The second-order valence-electron chi connectivity index (χ2n) is 5.37. The second-order valence-corrected chi connectivity index (χ2v) is 5.37. The predicted octanol–water partition coefficient (Wildman–Crippen LogP) is 1.25. The molecule has 25 heavy (non-hydrogen) atoms. The first-order valence-corrected chi connectivity index (χ1v) is 7.90. The highest BCUT2D eigenvalue weighted by Gasteiger charge is 2.12. The highest BCUT2D eigenvalue weighted by molar-refractivity contribution is 6.08. The maximum atomic E-state index is 12.3. The number of nitrogens with zero attached hydrogens (tertiary/aromatic N) is 1. The van der Waals surface area contributed by atoms with Gasteiger partial charge in [0.25, 0.3) is 5.91 Å². The van der Waals surface area contributed by atoms with E-state index >= 15 is 0 Å². The smallest absolute Gasteiger partial charge is 0.252 e. The van der Waals surface area contributed by atoms with Gasteiger partial charge >= 0.3 is 0 Å². The van der Waals surface area contributed by atoms with Crippen LogP contribution in [0.3, 0.4) is 0 Å². The van der Waals surface area contributed by atoms with E-state index in [1.165, 1.54) is 6.20 Å². The van der Waals surface area contributed by atoms with Crippen molar-refractivity contribution in [2.75, 3.05) is 18.4 Å². The van der Waals surface area contributed by atoms with E-state index in [1.807, 2.05) is 5.48 Å². The van der Waals surface area contributed by atoms with Gasteiger partial charge in [-0.1, -0.05) is 6.92 Å². The number of carbonyl (C=O) groups excluding carboxylic acids is 3. The Morgan fingerprint density at radius 3 is 2.72 bits per heavy atom. The number of Topliss-reactive ketones (excluding diaryl/α,β-unsaturated/α-hetero) is 1. The average Bonchev–Trinajstić information content (AvgIpc) is 2.63. The Morgan fingerprint density at radius 2 is 2.00 bits per heavy atom. The van der Waals surface area contributed by atoms with Gasteiger partial charge < -0.3 is 15.8 Å². The normalized spacial score (nSPS) is 10.5. The summed E-state index contributed by atoms with van der Waals surface area (Å²) in [5.41, 5.74) is 3.41. The number of amides is 2. The van der Waals surface area contributed by atoms with E-state index in [9.17, 15) is 14.4 Å². The van der Waals surface area contributed by atoms with Crippen molar-refractivity contribution in [2.24, 2.45) is 0 Å². The van der Waals surface area contributed by atoms with E-state index in [0.29, 0.717) is 28.6 Å². The topological polar surface area (TPSA) is 120 Å². The molecule has 8 heteroatoms. The van der Waals surface area contributed by atoms with E-state index in [0.717, 1.165) is 0 Å². The molecule has 0 radical (unpaired) electrons. The summed E-state index contributed by atoms with van der Waals surface area (Å²) in [4.78, 5) is 39.7. The van der Waals surface area contributed by atoms with E-state index in [4.69, 9.17) is 5.21 Å². The molecule has 1 aromatic heterocycles. The molecule has 0 saturated carbocycles. The monoisotopic (exact) mass is 344 g/mol. The van der Waals surface area contributed by atoms with Gasteiger partial charge in [-0.2, -0.15) is 0 Å². The molecule has 0 atom stereocenters. The lowest BCUT2D eigenvalue weighted by atomic mass is 10.1. The maximum absolute atomic E-state index is 12.3. The average molecular weight is 344 g/mol. The van der Waals surface area contributed by atoms with Crippen LogP contribution in [0.4, 0.5) is 5.69 Å². The quantitative estimate of drug-likeness (QED) is 0.535. The van der Waals surface area contributed by atoms with Crippen LogP contribution >= 0.6 is 0 Å². The molecule has 2 aromatic rings. The summed E-state index contributed by atoms with van der Waals surface area (Å²) in [6, 6.07) is 6.60. The van der Waals surface area contributed by atoms with Crippen LogP contribution in [0.5, 0.6) is 0 Å². The molecule has 2 rings (SSSR count). The number of anilines is 1. The van der Waals surface area contributed by atoms with Gasteiger partial charge in [0, 0.05) is 36.7 Å². The number of nitrogens with one attached hydrogen (secondary N) is 3. The molecule has 2 amide bonds. The first-order valence-electron chi connectivity index (χ1n) is 7.90. The van der Waals surface area contributed by atoms with Gasteiger partial charge in [0.05, 0.1) is 17.6 Å². The molecule has 0 spiro atoms. The molecule has 0 saturated heterocycles. The minimum atomic E-state index is -0.373. The number of hydrogen-bond donors (Lipinski definition) is 4. The number of ketones is 1. The lowest BCUT2D eigenvalue weighted by molar-refractivity contribution is -0.118. The van der Waals surface area contributed by atoms with Crippen molar-refractivity contribution in [3.63, 3.8) is 0 Å². The van der Waals surface area contributed by atoms with Crippen LogP contribution in [-0.2, 0) is 9.59 Å². The summed E-state index contributed by atoms with van der Waals surface area (Å²) < 4.78 is 0. The Morgan fingerprint density at radius 1 is 1.20 bits per heavy atom. The van der Waals surface area contributed by atoms with Crippen molar-refractivity contribution in [1.29, 1.82) is 0 Å². The highest BCUT2D eigenvalue weighted by Crippen LogP contribution is 2.21. The number of hydrogen-bond acceptors (Lipinski definition) is 6. The van der Waals surface area contributed by atoms with Gasteiger partial charge in [0.1, 0.15) is 0 Å². The number of aromatic nitrogens is 1. The van der Waals surface area contributed by atoms with Crippen molar-refractivity contribution in [3.05, 3.63) is 36.0 Å². The number of fused-ring (bicyclic) bond motifs is 1. The molecule has 0 bridgehead atoms. The summed E-state index contributed by atoms with van der Waals surface area (Å²) in [7, 11) is 0. The molecular formula is C17H20N4O4. The van der Waals surface area contributed by atoms with Crippen LogP contribution < -0.4 is 16.1 Å². The first-order chi connectivity index (χ1) is 12.0. The molecular weight excluding hydrogens is 324 g/mol. The highest BCUT2D eigenvalue weighted by atomic mass is 16.5. The predicted molar refractivity (Wildman–Crippen MR) is 92.4 cm³/mol. The minimum absolute atomic E-state index is 0.0241. The van der Waals surface area contributed by atoms with Crippen molar-refractivity contribution in [2.45, 2.75) is 19.8 Å². The van der Waals surface area contributed by atoms with Crippen molar-refractivity contribution < 1.29 is 19.6 Å². The zero-order valence-electron chi connectivity index (χ0n) is 13.8. The Balaban J connectivity index is 2.22. The maximum Gasteiger partial charge on any atom is 0.252 e. The lowest BCUT2D eigenvalue weighted by Crippen LogP contribution is -2.29. The molecule has 4 N–H and O–H groups in total. The fourth-order valence-electron chi connectivity index (χ4n) is 2.21. The molecule has 1 aromatic carbocycles. The lowest BCUT2D eigenvalue weighted by Gasteiger charge is -2.10. The Bertz CT molecular complexity index is 791.